The lowest BCUT2D eigenvalue weighted by Gasteiger charge is -2.21. The van der Waals surface area contributed by atoms with Crippen LogP contribution in [0.15, 0.2) is 42.6 Å². The van der Waals surface area contributed by atoms with Gasteiger partial charge >= 0.3 is 0 Å². The number of benzene rings is 1. The molecule has 1 heterocycles. The van der Waals surface area contributed by atoms with E-state index in [4.69, 9.17) is 4.74 Å². The number of aryl methyl sites for hydroxylation is 1. The zero-order chi connectivity index (χ0) is 15.2. The second-order valence-electron chi connectivity index (χ2n) is 4.67. The number of hydrogen-bond acceptors (Lipinski definition) is 2. The van der Waals surface area contributed by atoms with E-state index < -0.39 is 5.82 Å². The van der Waals surface area contributed by atoms with E-state index in [2.05, 4.69) is 0 Å². The molecule has 5 heteroatoms. The van der Waals surface area contributed by atoms with Crippen molar-refractivity contribution >= 4 is 5.91 Å². The molecule has 0 bridgehead atoms. The summed E-state index contributed by atoms with van der Waals surface area (Å²) in [6.45, 7) is 3.15. The van der Waals surface area contributed by atoms with Crippen molar-refractivity contribution in [3.8, 4) is 5.75 Å². The number of halogens is 1. The van der Waals surface area contributed by atoms with Crippen molar-refractivity contribution in [3.05, 3.63) is 54.1 Å². The number of carbonyl (C=O) groups is 1. The first-order chi connectivity index (χ1) is 10.1. The highest BCUT2D eigenvalue weighted by atomic mass is 19.1. The van der Waals surface area contributed by atoms with Crippen LogP contribution in [0.2, 0.25) is 0 Å². The molecule has 0 saturated heterocycles. The lowest BCUT2D eigenvalue weighted by molar-refractivity contribution is 0.0729. The third-order valence-electron chi connectivity index (χ3n) is 3.29. The molecule has 4 nitrogen and oxygen atoms in total. The van der Waals surface area contributed by atoms with Gasteiger partial charge in [0, 0.05) is 19.8 Å². The number of ether oxygens (including phenoxy) is 1. The number of nitrogens with zero attached hydrogens (tertiary/aromatic N) is 2. The van der Waals surface area contributed by atoms with E-state index in [0.29, 0.717) is 18.8 Å². The van der Waals surface area contributed by atoms with Crippen molar-refractivity contribution in [1.82, 2.24) is 9.47 Å². The molecule has 0 atom stereocenters. The normalized spacial score (nSPS) is 10.4. The van der Waals surface area contributed by atoms with Gasteiger partial charge in [-0.05, 0) is 31.2 Å². The number of rotatable bonds is 6. The van der Waals surface area contributed by atoms with E-state index in [0.717, 1.165) is 0 Å². The summed E-state index contributed by atoms with van der Waals surface area (Å²) < 4.78 is 20.6. The monoisotopic (exact) mass is 290 g/mol. The number of likely N-dealkylation sites (N-methyl/N-ethyl adjacent to an activating group) is 1. The summed E-state index contributed by atoms with van der Waals surface area (Å²) in [5, 5.41) is 0. The van der Waals surface area contributed by atoms with E-state index in [1.807, 2.05) is 26.2 Å². The summed E-state index contributed by atoms with van der Waals surface area (Å²) in [7, 11) is 1.83. The van der Waals surface area contributed by atoms with Crippen LogP contribution in [0.4, 0.5) is 4.39 Å². The zero-order valence-corrected chi connectivity index (χ0v) is 12.3. The molecule has 2 aromatic rings. The number of carbonyl (C=O) groups excluding carboxylic acids is 1. The fourth-order valence-electron chi connectivity index (χ4n) is 2.08. The largest absolute Gasteiger partial charge is 0.489 e. The van der Waals surface area contributed by atoms with Gasteiger partial charge in [-0.2, -0.15) is 0 Å². The molecule has 1 aromatic carbocycles. The minimum absolute atomic E-state index is 0.0536. The SMILES string of the molecule is CCN(CCOc1ccccc1F)C(=O)c1cccn1C. The molecule has 0 fully saturated rings. The molecule has 1 amide bonds. The topological polar surface area (TPSA) is 34.5 Å². The van der Waals surface area contributed by atoms with E-state index in [9.17, 15) is 9.18 Å². The molecule has 2 rings (SSSR count). The Morgan fingerprint density at radius 1 is 1.29 bits per heavy atom. The Bertz CT molecular complexity index is 610. The van der Waals surface area contributed by atoms with Crippen LogP contribution in [0.5, 0.6) is 5.75 Å². The standard InChI is InChI=1S/C16H19FN2O2/c1-3-19(16(20)14-8-6-10-18(14)2)11-12-21-15-9-5-4-7-13(15)17/h4-10H,3,11-12H2,1-2H3. The average molecular weight is 290 g/mol. The van der Waals surface area contributed by atoms with Crippen LogP contribution >= 0.6 is 0 Å². The lowest BCUT2D eigenvalue weighted by Crippen LogP contribution is -2.35. The molecule has 0 radical (unpaired) electrons. The van der Waals surface area contributed by atoms with E-state index in [1.165, 1.54) is 6.07 Å². The van der Waals surface area contributed by atoms with E-state index >= 15 is 0 Å². The molecule has 1 aromatic heterocycles. The Kier molecular flexibility index (Phi) is 4.98. The van der Waals surface area contributed by atoms with Gasteiger partial charge in [0.1, 0.15) is 12.3 Å². The fraction of sp³-hybridized carbons (Fsp3) is 0.312. The molecule has 0 aliphatic rings. The molecule has 21 heavy (non-hydrogen) atoms. The maximum Gasteiger partial charge on any atom is 0.270 e. The zero-order valence-electron chi connectivity index (χ0n) is 12.3. The highest BCUT2D eigenvalue weighted by Gasteiger charge is 2.16. The molecule has 0 unspecified atom stereocenters. The molecular formula is C16H19FN2O2. The van der Waals surface area contributed by atoms with Crippen molar-refractivity contribution in [3.63, 3.8) is 0 Å². The highest BCUT2D eigenvalue weighted by molar-refractivity contribution is 5.92. The van der Waals surface area contributed by atoms with Crippen LogP contribution in [0.25, 0.3) is 0 Å². The first-order valence-electron chi connectivity index (χ1n) is 6.91. The molecule has 0 saturated carbocycles. The average Bonchev–Trinajstić information content (AvgIpc) is 2.91. The van der Waals surface area contributed by atoms with Gasteiger partial charge in [0.05, 0.1) is 6.54 Å². The minimum atomic E-state index is -0.394. The summed E-state index contributed by atoms with van der Waals surface area (Å²) in [4.78, 5) is 14.0. The molecule has 0 spiro atoms. The fourth-order valence-corrected chi connectivity index (χ4v) is 2.08. The van der Waals surface area contributed by atoms with Crippen LogP contribution in [0.3, 0.4) is 0 Å². The van der Waals surface area contributed by atoms with E-state index in [-0.39, 0.29) is 18.3 Å². The maximum absolute atomic E-state index is 13.4. The molecule has 0 N–H and O–H groups in total. The van der Waals surface area contributed by atoms with Gasteiger partial charge in [-0.25, -0.2) is 4.39 Å². The summed E-state index contributed by atoms with van der Waals surface area (Å²) in [5.41, 5.74) is 0.628. The molecular weight excluding hydrogens is 271 g/mol. The Morgan fingerprint density at radius 2 is 2.05 bits per heavy atom. The summed E-state index contributed by atoms with van der Waals surface area (Å²) in [5.74, 6) is -0.240. The maximum atomic E-state index is 13.4. The van der Waals surface area contributed by atoms with Crippen molar-refractivity contribution in [2.75, 3.05) is 19.7 Å². The quantitative estimate of drug-likeness (QED) is 0.820. The van der Waals surface area contributed by atoms with Gasteiger partial charge in [-0.3, -0.25) is 4.79 Å². The predicted molar refractivity (Wildman–Crippen MR) is 78.9 cm³/mol. The second-order valence-corrected chi connectivity index (χ2v) is 4.67. The summed E-state index contributed by atoms with van der Waals surface area (Å²) >= 11 is 0. The summed E-state index contributed by atoms with van der Waals surface area (Å²) in [6, 6.07) is 9.86. The molecule has 0 aliphatic heterocycles. The van der Waals surface area contributed by atoms with Crippen molar-refractivity contribution in [2.24, 2.45) is 7.05 Å². The van der Waals surface area contributed by atoms with Gasteiger partial charge in [-0.15, -0.1) is 0 Å². The van der Waals surface area contributed by atoms with E-state index in [1.54, 1.807) is 33.7 Å². The minimum Gasteiger partial charge on any atom is -0.489 e. The van der Waals surface area contributed by atoms with Crippen LogP contribution in [-0.2, 0) is 7.05 Å². The third-order valence-corrected chi connectivity index (χ3v) is 3.29. The smallest absolute Gasteiger partial charge is 0.270 e. The first-order valence-corrected chi connectivity index (χ1v) is 6.91. The lowest BCUT2D eigenvalue weighted by atomic mass is 10.3. The first kappa shape index (κ1) is 15.1. The second kappa shape index (κ2) is 6.92. The van der Waals surface area contributed by atoms with Crippen LogP contribution < -0.4 is 4.74 Å². The van der Waals surface area contributed by atoms with Crippen LogP contribution in [-0.4, -0.2) is 35.1 Å². The van der Waals surface area contributed by atoms with Gasteiger partial charge in [0.25, 0.3) is 5.91 Å². The third kappa shape index (κ3) is 3.62. The van der Waals surface area contributed by atoms with Crippen LogP contribution in [0.1, 0.15) is 17.4 Å². The van der Waals surface area contributed by atoms with Gasteiger partial charge in [0.2, 0.25) is 0 Å². The van der Waals surface area contributed by atoms with Gasteiger partial charge in [0.15, 0.2) is 11.6 Å². The Balaban J connectivity index is 1.93. The predicted octanol–water partition coefficient (Wildman–Crippen LogP) is 2.71. The van der Waals surface area contributed by atoms with Gasteiger partial charge in [-0.1, -0.05) is 12.1 Å². The van der Waals surface area contributed by atoms with Crippen molar-refractivity contribution < 1.29 is 13.9 Å². The number of para-hydroxylation sites is 1. The number of aromatic nitrogens is 1. The van der Waals surface area contributed by atoms with Crippen LogP contribution in [0, 0.1) is 5.82 Å². The Hall–Kier alpha value is -2.30. The van der Waals surface area contributed by atoms with Gasteiger partial charge < -0.3 is 14.2 Å². The number of hydrogen-bond donors (Lipinski definition) is 0. The molecule has 112 valence electrons. The van der Waals surface area contributed by atoms with Crippen molar-refractivity contribution in [2.45, 2.75) is 6.92 Å². The Labute approximate surface area is 123 Å². The highest BCUT2D eigenvalue weighted by Crippen LogP contribution is 2.15. The Morgan fingerprint density at radius 3 is 2.67 bits per heavy atom. The number of amides is 1. The van der Waals surface area contributed by atoms with Crippen molar-refractivity contribution in [1.29, 1.82) is 0 Å². The molecule has 0 aliphatic carbocycles. The summed E-state index contributed by atoms with van der Waals surface area (Å²) in [6.07, 6.45) is 1.83.